The lowest BCUT2D eigenvalue weighted by Gasteiger charge is -2.19. The third kappa shape index (κ3) is 3.97. The number of nitrogens with zero attached hydrogens (tertiary/aromatic N) is 2. The number of anilines is 1. The first-order chi connectivity index (χ1) is 15.2. The van der Waals surface area contributed by atoms with Gasteiger partial charge in [0.25, 0.3) is 0 Å². The van der Waals surface area contributed by atoms with E-state index in [0.717, 1.165) is 16.9 Å². The molecule has 1 aliphatic heterocycles. The van der Waals surface area contributed by atoms with E-state index >= 15 is 0 Å². The van der Waals surface area contributed by atoms with Crippen molar-refractivity contribution in [1.82, 2.24) is 9.55 Å². The molecule has 6 nitrogen and oxygen atoms in total. The van der Waals surface area contributed by atoms with Gasteiger partial charge in [0.15, 0.2) is 11.5 Å². The number of aryl methyl sites for hydroxylation is 1. The van der Waals surface area contributed by atoms with Crippen LogP contribution in [0.5, 0.6) is 11.5 Å². The van der Waals surface area contributed by atoms with E-state index < -0.39 is 0 Å². The number of ether oxygens (including phenoxy) is 2. The van der Waals surface area contributed by atoms with Crippen molar-refractivity contribution in [2.75, 3.05) is 18.5 Å². The summed E-state index contributed by atoms with van der Waals surface area (Å²) >= 11 is 0. The molecule has 1 aromatic heterocycles. The Morgan fingerprint density at radius 1 is 1.00 bits per heavy atom. The second-order valence-corrected chi connectivity index (χ2v) is 7.61. The lowest BCUT2D eigenvalue weighted by Crippen LogP contribution is -2.21. The molecule has 156 valence electrons. The van der Waals surface area contributed by atoms with Crippen LogP contribution in [0.3, 0.4) is 0 Å². The zero-order valence-electron chi connectivity index (χ0n) is 17.3. The predicted molar refractivity (Wildman–Crippen MR) is 120 cm³/mol. The van der Waals surface area contributed by atoms with Gasteiger partial charge < -0.3 is 19.4 Å². The highest BCUT2D eigenvalue weighted by Crippen LogP contribution is 2.32. The summed E-state index contributed by atoms with van der Waals surface area (Å²) in [5, 5.41) is 2.97. The van der Waals surface area contributed by atoms with Crippen LogP contribution in [0.15, 0.2) is 66.7 Å². The third-order valence-corrected chi connectivity index (χ3v) is 5.47. The molecule has 1 N–H and O–H groups in total. The van der Waals surface area contributed by atoms with Crippen LogP contribution in [0.2, 0.25) is 0 Å². The first-order valence-corrected chi connectivity index (χ1v) is 10.4. The quantitative estimate of drug-likeness (QED) is 0.528. The number of hydrogen-bond acceptors (Lipinski definition) is 4. The molecule has 6 heteroatoms. The first kappa shape index (κ1) is 19.2. The second kappa shape index (κ2) is 8.14. The predicted octanol–water partition coefficient (Wildman–Crippen LogP) is 4.35. The van der Waals surface area contributed by atoms with Gasteiger partial charge in [0.05, 0.1) is 11.0 Å². The van der Waals surface area contributed by atoms with Gasteiger partial charge in [-0.3, -0.25) is 4.79 Å². The molecule has 0 fully saturated rings. The molecule has 31 heavy (non-hydrogen) atoms. The first-order valence-electron chi connectivity index (χ1n) is 10.4. The van der Waals surface area contributed by atoms with Crippen molar-refractivity contribution < 1.29 is 14.3 Å². The van der Waals surface area contributed by atoms with Gasteiger partial charge in [-0.15, -0.1) is 0 Å². The largest absolute Gasteiger partial charge is 0.486 e. The van der Waals surface area contributed by atoms with Crippen molar-refractivity contribution in [3.63, 3.8) is 0 Å². The highest BCUT2D eigenvalue weighted by atomic mass is 16.6. The van der Waals surface area contributed by atoms with Gasteiger partial charge in [-0.25, -0.2) is 4.98 Å². The van der Waals surface area contributed by atoms with Gasteiger partial charge in [-0.05, 0) is 42.3 Å². The fraction of sp³-hybridized carbons (Fsp3) is 0.200. The molecule has 0 aliphatic carbocycles. The van der Waals surface area contributed by atoms with E-state index in [1.165, 1.54) is 11.1 Å². The molecule has 3 aromatic carbocycles. The SMILES string of the molecule is Cc1ccccc1Cc1nc2ccccc2n1CC(=O)Nc1ccc2c(c1)OCCO2. The molecule has 0 saturated heterocycles. The van der Waals surface area contributed by atoms with Gasteiger partial charge in [0, 0.05) is 18.2 Å². The van der Waals surface area contributed by atoms with E-state index in [0.29, 0.717) is 36.8 Å². The number of amides is 1. The lowest BCUT2D eigenvalue weighted by atomic mass is 10.1. The number of imidazole rings is 1. The molecule has 0 spiro atoms. The fourth-order valence-electron chi connectivity index (χ4n) is 3.88. The second-order valence-electron chi connectivity index (χ2n) is 7.61. The molecule has 2 heterocycles. The van der Waals surface area contributed by atoms with Crippen LogP contribution >= 0.6 is 0 Å². The average molecular weight is 413 g/mol. The van der Waals surface area contributed by atoms with E-state index in [1.54, 1.807) is 6.07 Å². The van der Waals surface area contributed by atoms with E-state index in [1.807, 2.05) is 53.1 Å². The van der Waals surface area contributed by atoms with Crippen molar-refractivity contribution in [2.45, 2.75) is 19.9 Å². The molecule has 1 aliphatic rings. The Labute approximate surface area is 180 Å². The Kier molecular flexibility index (Phi) is 5.04. The topological polar surface area (TPSA) is 65.4 Å². The number of benzene rings is 3. The number of carbonyl (C=O) groups excluding carboxylic acids is 1. The lowest BCUT2D eigenvalue weighted by molar-refractivity contribution is -0.116. The van der Waals surface area contributed by atoms with Crippen LogP contribution < -0.4 is 14.8 Å². The number of fused-ring (bicyclic) bond motifs is 2. The summed E-state index contributed by atoms with van der Waals surface area (Å²) < 4.78 is 13.2. The van der Waals surface area contributed by atoms with Crippen molar-refractivity contribution in [2.24, 2.45) is 0 Å². The number of aromatic nitrogens is 2. The molecular formula is C25H23N3O3. The Balaban J connectivity index is 1.41. The third-order valence-electron chi connectivity index (χ3n) is 5.47. The minimum absolute atomic E-state index is 0.120. The van der Waals surface area contributed by atoms with Crippen LogP contribution in [0.1, 0.15) is 17.0 Å². The number of hydrogen-bond donors (Lipinski definition) is 1. The maximum Gasteiger partial charge on any atom is 0.244 e. The minimum Gasteiger partial charge on any atom is -0.486 e. The van der Waals surface area contributed by atoms with Gasteiger partial charge >= 0.3 is 0 Å². The molecule has 0 unspecified atom stereocenters. The Morgan fingerprint density at radius 2 is 1.77 bits per heavy atom. The van der Waals surface area contributed by atoms with Crippen LogP contribution in [0, 0.1) is 6.92 Å². The van der Waals surface area contributed by atoms with Crippen molar-refractivity contribution in [1.29, 1.82) is 0 Å². The summed E-state index contributed by atoms with van der Waals surface area (Å²) in [4.78, 5) is 17.7. The number of carbonyl (C=O) groups is 1. The van der Waals surface area contributed by atoms with Crippen molar-refractivity contribution >= 4 is 22.6 Å². The highest BCUT2D eigenvalue weighted by molar-refractivity contribution is 5.92. The number of nitrogens with one attached hydrogen (secondary N) is 1. The average Bonchev–Trinajstić information content (AvgIpc) is 3.12. The van der Waals surface area contributed by atoms with Crippen molar-refractivity contribution in [3.8, 4) is 11.5 Å². The van der Waals surface area contributed by atoms with Gasteiger partial charge in [-0.2, -0.15) is 0 Å². The van der Waals surface area contributed by atoms with Crippen LogP contribution in [-0.2, 0) is 17.8 Å². The summed E-state index contributed by atoms with van der Waals surface area (Å²) in [5.41, 5.74) is 4.92. The Hall–Kier alpha value is -3.80. The van der Waals surface area contributed by atoms with Gasteiger partial charge in [0.2, 0.25) is 5.91 Å². The zero-order valence-corrected chi connectivity index (χ0v) is 17.3. The summed E-state index contributed by atoms with van der Waals surface area (Å²) in [7, 11) is 0. The highest BCUT2D eigenvalue weighted by Gasteiger charge is 2.16. The monoisotopic (exact) mass is 413 g/mol. The summed E-state index contributed by atoms with van der Waals surface area (Å²) in [6, 6.07) is 21.6. The maximum absolute atomic E-state index is 12.9. The van der Waals surface area contributed by atoms with E-state index in [-0.39, 0.29) is 12.5 Å². The molecule has 4 aromatic rings. The number of rotatable bonds is 5. The zero-order chi connectivity index (χ0) is 21.2. The molecule has 5 rings (SSSR count). The molecule has 0 radical (unpaired) electrons. The van der Waals surface area contributed by atoms with Gasteiger partial charge in [0.1, 0.15) is 25.6 Å². The molecule has 0 bridgehead atoms. The normalized spacial score (nSPS) is 12.7. The van der Waals surface area contributed by atoms with E-state index in [2.05, 4.69) is 24.4 Å². The standard InChI is InChI=1S/C25H23N3O3/c1-17-6-2-3-7-18(17)14-24-27-20-8-4-5-9-21(20)28(24)16-25(29)26-19-10-11-22-23(15-19)31-13-12-30-22/h2-11,15H,12-14,16H2,1H3,(H,26,29). The van der Waals surface area contributed by atoms with E-state index in [4.69, 9.17) is 14.5 Å². The maximum atomic E-state index is 12.9. The fourth-order valence-corrected chi connectivity index (χ4v) is 3.88. The van der Waals surface area contributed by atoms with Gasteiger partial charge in [-0.1, -0.05) is 36.4 Å². The number of para-hydroxylation sites is 2. The van der Waals surface area contributed by atoms with E-state index in [9.17, 15) is 4.79 Å². The molecule has 1 amide bonds. The summed E-state index contributed by atoms with van der Waals surface area (Å²) in [6.45, 7) is 3.32. The van der Waals surface area contributed by atoms with Crippen LogP contribution in [0.25, 0.3) is 11.0 Å². The molecule has 0 saturated carbocycles. The van der Waals surface area contributed by atoms with Crippen LogP contribution in [0.4, 0.5) is 5.69 Å². The molecule has 0 atom stereocenters. The summed E-state index contributed by atoms with van der Waals surface area (Å²) in [5.74, 6) is 2.10. The minimum atomic E-state index is -0.120. The van der Waals surface area contributed by atoms with Crippen molar-refractivity contribution in [3.05, 3.63) is 83.7 Å². The Bertz CT molecular complexity index is 1260. The Morgan fingerprint density at radius 3 is 2.65 bits per heavy atom. The van der Waals surface area contributed by atoms with Crippen LogP contribution in [-0.4, -0.2) is 28.7 Å². The summed E-state index contributed by atoms with van der Waals surface area (Å²) in [6.07, 6.45) is 0.665. The molecular weight excluding hydrogens is 390 g/mol. The smallest absolute Gasteiger partial charge is 0.244 e.